The molecular weight excluding hydrogens is 254 g/mol. The maximum absolute atomic E-state index is 11.8. The van der Waals surface area contributed by atoms with Crippen LogP contribution in [0.4, 0.5) is 5.69 Å². The minimum absolute atomic E-state index is 0.0811. The first-order valence-corrected chi connectivity index (χ1v) is 6.57. The molecule has 20 heavy (non-hydrogen) atoms. The van der Waals surface area contributed by atoms with Gasteiger partial charge < -0.3 is 15.3 Å². The molecule has 0 saturated carbocycles. The van der Waals surface area contributed by atoms with Crippen molar-refractivity contribution in [2.24, 2.45) is 0 Å². The van der Waals surface area contributed by atoms with E-state index in [9.17, 15) is 9.90 Å². The molecule has 5 heteroatoms. The summed E-state index contributed by atoms with van der Waals surface area (Å²) in [7, 11) is 1.77. The van der Waals surface area contributed by atoms with Gasteiger partial charge in [-0.15, -0.1) is 0 Å². The van der Waals surface area contributed by atoms with E-state index in [0.29, 0.717) is 16.8 Å². The molecule has 5 nitrogen and oxygen atoms in total. The monoisotopic (exact) mass is 275 g/mol. The largest absolute Gasteiger partial charge is 0.389 e. The Hall–Kier alpha value is -2.06. The third-order valence-corrected chi connectivity index (χ3v) is 2.85. The maximum Gasteiger partial charge on any atom is 0.239 e. The van der Waals surface area contributed by atoms with Gasteiger partial charge in [0.2, 0.25) is 5.91 Å². The smallest absolute Gasteiger partial charge is 0.239 e. The lowest BCUT2D eigenvalue weighted by Crippen LogP contribution is -2.38. The Balaban J connectivity index is 2.98. The number of nitriles is 1. The third kappa shape index (κ3) is 4.25. The number of hydrogen-bond donors (Lipinski definition) is 2. The van der Waals surface area contributed by atoms with Gasteiger partial charge >= 0.3 is 0 Å². The van der Waals surface area contributed by atoms with Crippen molar-refractivity contribution >= 4 is 11.6 Å². The third-order valence-electron chi connectivity index (χ3n) is 2.85. The van der Waals surface area contributed by atoms with Crippen molar-refractivity contribution in [2.75, 3.05) is 18.5 Å². The van der Waals surface area contributed by atoms with E-state index in [-0.39, 0.29) is 18.5 Å². The van der Waals surface area contributed by atoms with Crippen molar-refractivity contribution in [3.8, 4) is 6.07 Å². The first kappa shape index (κ1) is 16.0. The van der Waals surface area contributed by atoms with E-state index < -0.39 is 6.10 Å². The second kappa shape index (κ2) is 6.92. The number of carbonyl (C=O) groups is 1. The molecule has 1 rings (SSSR count). The maximum atomic E-state index is 11.8. The Morgan fingerprint density at radius 1 is 1.45 bits per heavy atom. The SMILES string of the molecule is CC(C)NC(=O)CN(C)c1cc(C#N)ccc1[C@H](C)O. The lowest BCUT2D eigenvalue weighted by Gasteiger charge is -2.24. The number of nitrogens with zero attached hydrogens (tertiary/aromatic N) is 2. The number of nitrogens with one attached hydrogen (secondary N) is 1. The summed E-state index contributed by atoms with van der Waals surface area (Å²) >= 11 is 0. The molecule has 2 N–H and O–H groups in total. The van der Waals surface area contributed by atoms with E-state index in [4.69, 9.17) is 5.26 Å². The molecule has 0 fully saturated rings. The van der Waals surface area contributed by atoms with Gasteiger partial charge in [-0.1, -0.05) is 6.07 Å². The van der Waals surface area contributed by atoms with E-state index in [1.807, 2.05) is 13.8 Å². The van der Waals surface area contributed by atoms with Crippen molar-refractivity contribution in [3.05, 3.63) is 29.3 Å². The first-order valence-electron chi connectivity index (χ1n) is 6.57. The summed E-state index contributed by atoms with van der Waals surface area (Å²) in [6.45, 7) is 5.63. The number of rotatable bonds is 5. The number of likely N-dealkylation sites (N-methyl/N-ethyl adjacent to an activating group) is 1. The molecule has 0 aliphatic heterocycles. The first-order chi connectivity index (χ1) is 9.35. The molecule has 0 unspecified atom stereocenters. The molecule has 0 bridgehead atoms. The normalized spacial score (nSPS) is 11.8. The zero-order chi connectivity index (χ0) is 15.3. The van der Waals surface area contributed by atoms with E-state index in [0.717, 1.165) is 0 Å². The summed E-state index contributed by atoms with van der Waals surface area (Å²) in [5.74, 6) is -0.0959. The highest BCUT2D eigenvalue weighted by Gasteiger charge is 2.15. The van der Waals surface area contributed by atoms with Gasteiger partial charge in [-0.25, -0.2) is 0 Å². The highest BCUT2D eigenvalue weighted by molar-refractivity contribution is 5.82. The van der Waals surface area contributed by atoms with E-state index in [1.54, 1.807) is 37.1 Å². The van der Waals surface area contributed by atoms with Crippen LogP contribution in [0.25, 0.3) is 0 Å². The van der Waals surface area contributed by atoms with Gasteiger partial charge in [-0.2, -0.15) is 5.26 Å². The number of carbonyl (C=O) groups excluding carboxylic acids is 1. The summed E-state index contributed by atoms with van der Waals surface area (Å²) in [5, 5.41) is 21.6. The van der Waals surface area contributed by atoms with Gasteiger partial charge in [-0.05, 0) is 32.9 Å². The van der Waals surface area contributed by atoms with Crippen LogP contribution in [0.5, 0.6) is 0 Å². The number of anilines is 1. The summed E-state index contributed by atoms with van der Waals surface area (Å²) in [6, 6.07) is 7.21. The quantitative estimate of drug-likeness (QED) is 0.855. The fourth-order valence-corrected chi connectivity index (χ4v) is 1.97. The fourth-order valence-electron chi connectivity index (χ4n) is 1.97. The molecular formula is C15H21N3O2. The molecule has 1 aromatic rings. The zero-order valence-corrected chi connectivity index (χ0v) is 12.3. The summed E-state index contributed by atoms with van der Waals surface area (Å²) in [5.41, 5.74) is 1.89. The molecule has 0 saturated heterocycles. The molecule has 0 aliphatic carbocycles. The van der Waals surface area contributed by atoms with Gasteiger partial charge in [-0.3, -0.25) is 4.79 Å². The van der Waals surface area contributed by atoms with Crippen LogP contribution in [0, 0.1) is 11.3 Å². The van der Waals surface area contributed by atoms with Crippen LogP contribution in [-0.4, -0.2) is 30.6 Å². The highest BCUT2D eigenvalue weighted by atomic mass is 16.3. The number of amides is 1. The lowest BCUT2D eigenvalue weighted by atomic mass is 10.0. The summed E-state index contributed by atoms with van der Waals surface area (Å²) in [6.07, 6.45) is -0.659. The van der Waals surface area contributed by atoms with Crippen LogP contribution < -0.4 is 10.2 Å². The summed E-state index contributed by atoms with van der Waals surface area (Å²) in [4.78, 5) is 13.5. The second-order valence-corrected chi connectivity index (χ2v) is 5.14. The Morgan fingerprint density at radius 3 is 2.60 bits per heavy atom. The van der Waals surface area contributed by atoms with Crippen LogP contribution in [0.1, 0.15) is 38.0 Å². The second-order valence-electron chi connectivity index (χ2n) is 5.14. The zero-order valence-electron chi connectivity index (χ0n) is 12.3. The Labute approximate surface area is 119 Å². The van der Waals surface area contributed by atoms with Crippen molar-refractivity contribution in [1.82, 2.24) is 5.32 Å². The van der Waals surface area contributed by atoms with Gasteiger partial charge in [0.1, 0.15) is 0 Å². The fraction of sp³-hybridized carbons (Fsp3) is 0.467. The molecule has 0 heterocycles. The van der Waals surface area contributed by atoms with Crippen LogP contribution in [0.2, 0.25) is 0 Å². The van der Waals surface area contributed by atoms with E-state index >= 15 is 0 Å². The predicted octanol–water partition coefficient (Wildman–Crippen LogP) is 1.57. The average molecular weight is 275 g/mol. The number of aliphatic hydroxyl groups is 1. The predicted molar refractivity (Wildman–Crippen MR) is 78.3 cm³/mol. The van der Waals surface area contributed by atoms with Gasteiger partial charge in [0.25, 0.3) is 0 Å². The number of benzene rings is 1. The standard InChI is InChI=1S/C15H21N3O2/c1-10(2)17-15(20)9-18(4)14-7-12(8-16)5-6-13(14)11(3)19/h5-7,10-11,19H,9H2,1-4H3,(H,17,20)/t11-/m0/s1. The Bertz CT molecular complexity index is 518. The highest BCUT2D eigenvalue weighted by Crippen LogP contribution is 2.26. The Morgan fingerprint density at radius 2 is 2.10 bits per heavy atom. The average Bonchev–Trinajstić information content (AvgIpc) is 2.36. The molecule has 0 spiro atoms. The topological polar surface area (TPSA) is 76.4 Å². The van der Waals surface area contributed by atoms with Crippen LogP contribution in [0.15, 0.2) is 18.2 Å². The van der Waals surface area contributed by atoms with Crippen molar-refractivity contribution in [3.63, 3.8) is 0 Å². The minimum Gasteiger partial charge on any atom is -0.389 e. The Kier molecular flexibility index (Phi) is 5.53. The molecule has 1 atom stereocenters. The lowest BCUT2D eigenvalue weighted by molar-refractivity contribution is -0.120. The van der Waals surface area contributed by atoms with E-state index in [2.05, 4.69) is 11.4 Å². The van der Waals surface area contributed by atoms with Gasteiger partial charge in [0.05, 0.1) is 24.3 Å². The van der Waals surface area contributed by atoms with Crippen molar-refractivity contribution in [1.29, 1.82) is 5.26 Å². The molecule has 0 aromatic heterocycles. The molecule has 108 valence electrons. The molecule has 1 amide bonds. The van der Waals surface area contributed by atoms with Crippen LogP contribution >= 0.6 is 0 Å². The number of hydrogen-bond acceptors (Lipinski definition) is 4. The number of aliphatic hydroxyl groups excluding tert-OH is 1. The minimum atomic E-state index is -0.659. The van der Waals surface area contributed by atoms with Crippen LogP contribution in [-0.2, 0) is 4.79 Å². The molecule has 1 aromatic carbocycles. The van der Waals surface area contributed by atoms with Crippen molar-refractivity contribution in [2.45, 2.75) is 32.9 Å². The van der Waals surface area contributed by atoms with Gasteiger partial charge in [0, 0.05) is 24.3 Å². The molecule has 0 aliphatic rings. The van der Waals surface area contributed by atoms with Crippen LogP contribution in [0.3, 0.4) is 0 Å². The van der Waals surface area contributed by atoms with E-state index in [1.165, 1.54) is 0 Å². The summed E-state index contributed by atoms with van der Waals surface area (Å²) < 4.78 is 0. The molecule has 0 radical (unpaired) electrons. The van der Waals surface area contributed by atoms with Gasteiger partial charge in [0.15, 0.2) is 0 Å². The van der Waals surface area contributed by atoms with Crippen molar-refractivity contribution < 1.29 is 9.90 Å².